The van der Waals surface area contributed by atoms with E-state index in [1.165, 1.54) is 0 Å². The lowest BCUT2D eigenvalue weighted by Gasteiger charge is -2.21. The molecule has 4 atom stereocenters. The highest BCUT2D eigenvalue weighted by atomic mass is 16.5. The molecular weight excluding hydrogens is 208 g/mol. The molecule has 0 bridgehead atoms. The standard InChI is InChI=1S/C11H22N2O3/c1-8-10(14)11(15)9(16-8)7-13(2)6-4-3-5-12/h3-4,8-11,14-15H,5-7,12H2,1-2H3/b4-3-/t8-,9+,10?,11?/m0/s1. The van der Waals surface area contributed by atoms with Gasteiger partial charge in [0.15, 0.2) is 0 Å². The van der Waals surface area contributed by atoms with Crippen LogP contribution in [0.4, 0.5) is 0 Å². The Kier molecular flexibility index (Phi) is 5.37. The summed E-state index contributed by atoms with van der Waals surface area (Å²) >= 11 is 0. The highest BCUT2D eigenvalue weighted by molar-refractivity contribution is 4.91. The van der Waals surface area contributed by atoms with Gasteiger partial charge in [0.05, 0.1) is 12.2 Å². The zero-order valence-corrected chi connectivity index (χ0v) is 9.91. The molecule has 1 saturated heterocycles. The maximum Gasteiger partial charge on any atom is 0.110 e. The quantitative estimate of drug-likeness (QED) is 0.525. The molecule has 94 valence electrons. The van der Waals surface area contributed by atoms with Crippen LogP contribution in [0.3, 0.4) is 0 Å². The average Bonchev–Trinajstić information content (AvgIpc) is 2.47. The minimum Gasteiger partial charge on any atom is -0.388 e. The van der Waals surface area contributed by atoms with Gasteiger partial charge >= 0.3 is 0 Å². The Labute approximate surface area is 96.5 Å². The Morgan fingerprint density at radius 2 is 2.00 bits per heavy atom. The van der Waals surface area contributed by atoms with Crippen LogP contribution < -0.4 is 5.73 Å². The largest absolute Gasteiger partial charge is 0.388 e. The number of aliphatic hydroxyl groups is 2. The molecule has 2 unspecified atom stereocenters. The van der Waals surface area contributed by atoms with Crippen LogP contribution in [0.5, 0.6) is 0 Å². The summed E-state index contributed by atoms with van der Waals surface area (Å²) in [6.45, 7) is 3.65. The van der Waals surface area contributed by atoms with Crippen molar-refractivity contribution < 1.29 is 14.9 Å². The van der Waals surface area contributed by atoms with Gasteiger partial charge in [-0.2, -0.15) is 0 Å². The highest BCUT2D eigenvalue weighted by Crippen LogP contribution is 2.21. The van der Waals surface area contributed by atoms with Crippen LogP contribution in [-0.4, -0.2) is 66.2 Å². The van der Waals surface area contributed by atoms with Crippen molar-refractivity contribution in [3.63, 3.8) is 0 Å². The molecule has 0 aromatic carbocycles. The fourth-order valence-electron chi connectivity index (χ4n) is 1.82. The van der Waals surface area contributed by atoms with Gasteiger partial charge in [0.2, 0.25) is 0 Å². The monoisotopic (exact) mass is 230 g/mol. The molecule has 0 aromatic heterocycles. The summed E-state index contributed by atoms with van der Waals surface area (Å²) in [5.41, 5.74) is 5.33. The third-order valence-electron chi connectivity index (χ3n) is 2.81. The zero-order valence-electron chi connectivity index (χ0n) is 9.91. The van der Waals surface area contributed by atoms with E-state index in [2.05, 4.69) is 0 Å². The van der Waals surface area contributed by atoms with E-state index in [0.29, 0.717) is 13.1 Å². The number of rotatable bonds is 5. The number of ether oxygens (including phenoxy) is 1. The topological polar surface area (TPSA) is 79.0 Å². The molecule has 1 aliphatic heterocycles. The van der Waals surface area contributed by atoms with E-state index in [0.717, 1.165) is 6.54 Å². The predicted octanol–water partition coefficient (Wildman–Crippen LogP) is -1.06. The molecule has 1 rings (SSSR count). The third-order valence-corrected chi connectivity index (χ3v) is 2.81. The van der Waals surface area contributed by atoms with E-state index in [1.54, 1.807) is 6.92 Å². The summed E-state index contributed by atoms with van der Waals surface area (Å²) < 4.78 is 5.47. The number of nitrogens with two attached hydrogens (primary N) is 1. The molecule has 5 nitrogen and oxygen atoms in total. The van der Waals surface area contributed by atoms with Crippen molar-refractivity contribution in [2.75, 3.05) is 26.7 Å². The zero-order chi connectivity index (χ0) is 12.1. The lowest BCUT2D eigenvalue weighted by molar-refractivity contribution is 0.000277. The summed E-state index contributed by atoms with van der Waals surface area (Å²) in [6, 6.07) is 0. The van der Waals surface area contributed by atoms with Crippen LogP contribution in [0.15, 0.2) is 12.2 Å². The van der Waals surface area contributed by atoms with Crippen molar-refractivity contribution >= 4 is 0 Å². The Morgan fingerprint density at radius 1 is 1.31 bits per heavy atom. The Bertz CT molecular complexity index is 235. The molecule has 1 aliphatic rings. The van der Waals surface area contributed by atoms with Crippen molar-refractivity contribution in [3.8, 4) is 0 Å². The van der Waals surface area contributed by atoms with Gasteiger partial charge in [0.1, 0.15) is 12.2 Å². The molecule has 0 saturated carbocycles. The normalized spacial score (nSPS) is 35.4. The van der Waals surface area contributed by atoms with Crippen molar-refractivity contribution in [1.29, 1.82) is 0 Å². The summed E-state index contributed by atoms with van der Waals surface area (Å²) in [7, 11) is 1.94. The molecule has 4 N–H and O–H groups in total. The van der Waals surface area contributed by atoms with Crippen molar-refractivity contribution in [2.24, 2.45) is 5.73 Å². The summed E-state index contributed by atoms with van der Waals surface area (Å²) in [5.74, 6) is 0. The minimum atomic E-state index is -0.795. The Morgan fingerprint density at radius 3 is 2.50 bits per heavy atom. The van der Waals surface area contributed by atoms with Crippen LogP contribution in [0.2, 0.25) is 0 Å². The smallest absolute Gasteiger partial charge is 0.110 e. The number of nitrogens with zero attached hydrogens (tertiary/aromatic N) is 1. The van der Waals surface area contributed by atoms with E-state index < -0.39 is 12.2 Å². The second kappa shape index (κ2) is 6.32. The van der Waals surface area contributed by atoms with Gasteiger partial charge in [-0.15, -0.1) is 0 Å². The maximum absolute atomic E-state index is 9.71. The molecule has 1 fully saturated rings. The predicted molar refractivity (Wildman–Crippen MR) is 62.0 cm³/mol. The van der Waals surface area contributed by atoms with Gasteiger partial charge in [-0.25, -0.2) is 0 Å². The van der Waals surface area contributed by atoms with Gasteiger partial charge in [-0.3, -0.25) is 0 Å². The van der Waals surface area contributed by atoms with Crippen molar-refractivity contribution in [2.45, 2.75) is 31.3 Å². The highest BCUT2D eigenvalue weighted by Gasteiger charge is 2.40. The minimum absolute atomic E-state index is 0.298. The molecule has 0 amide bonds. The first kappa shape index (κ1) is 13.6. The SMILES string of the molecule is C[C@@H]1O[C@H](CN(C)C/C=C\CN)C(O)C1O. The first-order valence-electron chi connectivity index (χ1n) is 5.61. The molecule has 0 aliphatic carbocycles. The number of likely N-dealkylation sites (N-methyl/N-ethyl adjacent to an activating group) is 1. The van der Waals surface area contributed by atoms with Crippen LogP contribution in [0, 0.1) is 0 Å². The maximum atomic E-state index is 9.71. The number of hydrogen-bond acceptors (Lipinski definition) is 5. The van der Waals surface area contributed by atoms with E-state index in [1.807, 2.05) is 24.1 Å². The van der Waals surface area contributed by atoms with Gasteiger partial charge in [0.25, 0.3) is 0 Å². The van der Waals surface area contributed by atoms with E-state index in [9.17, 15) is 10.2 Å². The molecule has 0 radical (unpaired) electrons. The van der Waals surface area contributed by atoms with Crippen LogP contribution in [-0.2, 0) is 4.74 Å². The average molecular weight is 230 g/mol. The second-order valence-electron chi connectivity index (χ2n) is 4.29. The van der Waals surface area contributed by atoms with Crippen molar-refractivity contribution in [3.05, 3.63) is 12.2 Å². The molecule has 1 heterocycles. The Hall–Kier alpha value is -0.460. The lowest BCUT2D eigenvalue weighted by Crippen LogP contribution is -2.38. The Balaban J connectivity index is 2.34. The third kappa shape index (κ3) is 3.54. The van der Waals surface area contributed by atoms with Crippen LogP contribution in [0.1, 0.15) is 6.92 Å². The molecule has 16 heavy (non-hydrogen) atoms. The second-order valence-corrected chi connectivity index (χ2v) is 4.29. The fourth-order valence-corrected chi connectivity index (χ4v) is 1.82. The van der Waals surface area contributed by atoms with Gasteiger partial charge in [-0.1, -0.05) is 12.2 Å². The number of aliphatic hydroxyl groups excluding tert-OH is 2. The van der Waals surface area contributed by atoms with E-state index in [-0.39, 0.29) is 12.2 Å². The molecule has 5 heteroatoms. The molecular formula is C11H22N2O3. The summed E-state index contributed by atoms with van der Waals surface area (Å²) in [5, 5.41) is 19.2. The van der Waals surface area contributed by atoms with Crippen LogP contribution in [0.25, 0.3) is 0 Å². The summed E-state index contributed by atoms with van der Waals surface area (Å²) in [6.07, 6.45) is 1.67. The van der Waals surface area contributed by atoms with Gasteiger partial charge in [0, 0.05) is 19.6 Å². The van der Waals surface area contributed by atoms with E-state index >= 15 is 0 Å². The fraction of sp³-hybridized carbons (Fsp3) is 0.818. The molecule has 0 aromatic rings. The summed E-state index contributed by atoms with van der Waals surface area (Å²) in [4.78, 5) is 2.02. The lowest BCUT2D eigenvalue weighted by atomic mass is 10.1. The van der Waals surface area contributed by atoms with E-state index in [4.69, 9.17) is 10.5 Å². The van der Waals surface area contributed by atoms with Gasteiger partial charge < -0.3 is 25.6 Å². The van der Waals surface area contributed by atoms with Crippen molar-refractivity contribution in [1.82, 2.24) is 4.90 Å². The first-order valence-corrected chi connectivity index (χ1v) is 5.61. The van der Waals surface area contributed by atoms with Gasteiger partial charge in [-0.05, 0) is 14.0 Å². The first-order chi connectivity index (χ1) is 7.56. The number of hydrogen-bond donors (Lipinski definition) is 3. The van der Waals surface area contributed by atoms with Crippen LogP contribution >= 0.6 is 0 Å². The molecule has 0 spiro atoms.